The Labute approximate surface area is 95.7 Å². The second kappa shape index (κ2) is 4.82. The molecule has 0 N–H and O–H groups in total. The Morgan fingerprint density at radius 2 is 2.06 bits per heavy atom. The summed E-state index contributed by atoms with van der Waals surface area (Å²) < 4.78 is 10.4. The molecular weight excluding hydrogens is 210 g/mol. The van der Waals surface area contributed by atoms with Crippen molar-refractivity contribution in [1.82, 2.24) is 4.90 Å². The van der Waals surface area contributed by atoms with Gasteiger partial charge in [0.1, 0.15) is 11.9 Å². The maximum atomic E-state index is 11.8. The zero-order valence-electron chi connectivity index (χ0n) is 10.2. The quantitative estimate of drug-likeness (QED) is 0.668. The van der Waals surface area contributed by atoms with Crippen LogP contribution in [0.1, 0.15) is 27.2 Å². The van der Waals surface area contributed by atoms with Crippen LogP contribution in [0.15, 0.2) is 0 Å². The summed E-state index contributed by atoms with van der Waals surface area (Å²) in [5.74, 6) is 0. The van der Waals surface area contributed by atoms with Crippen LogP contribution in [0.2, 0.25) is 0 Å². The van der Waals surface area contributed by atoms with Crippen molar-refractivity contribution in [2.45, 2.75) is 44.9 Å². The zero-order chi connectivity index (χ0) is 12.3. The largest absolute Gasteiger partial charge is 0.444 e. The average Bonchev–Trinajstić information content (AvgIpc) is 2.58. The molecule has 1 aliphatic rings. The van der Waals surface area contributed by atoms with Gasteiger partial charge in [-0.25, -0.2) is 4.79 Å². The van der Waals surface area contributed by atoms with Gasteiger partial charge in [-0.2, -0.15) is 0 Å². The van der Waals surface area contributed by atoms with E-state index in [-0.39, 0.29) is 6.10 Å². The summed E-state index contributed by atoms with van der Waals surface area (Å²) >= 11 is 0. The van der Waals surface area contributed by atoms with Crippen molar-refractivity contribution in [2.75, 3.05) is 13.7 Å². The molecule has 0 aromatic carbocycles. The standard InChI is InChI=1S/C11H19NO4/c1-11(2,3)16-10(14)12-6-9(15-4)5-8(12)7-13/h7-9H,5-6H2,1-4H3/t8-,9?/m0/s1. The van der Waals surface area contributed by atoms with Gasteiger partial charge in [0.25, 0.3) is 0 Å². The zero-order valence-corrected chi connectivity index (χ0v) is 10.2. The summed E-state index contributed by atoms with van der Waals surface area (Å²) in [5.41, 5.74) is -0.546. The monoisotopic (exact) mass is 229 g/mol. The molecule has 1 amide bonds. The molecule has 5 nitrogen and oxygen atoms in total. The third-order valence-corrected chi connectivity index (χ3v) is 2.42. The number of ether oxygens (including phenoxy) is 2. The first kappa shape index (κ1) is 13.0. The van der Waals surface area contributed by atoms with Gasteiger partial charge in [-0.15, -0.1) is 0 Å². The van der Waals surface area contributed by atoms with Crippen molar-refractivity contribution in [2.24, 2.45) is 0 Å². The highest BCUT2D eigenvalue weighted by Crippen LogP contribution is 2.21. The molecule has 0 bridgehead atoms. The minimum absolute atomic E-state index is 0.0808. The van der Waals surface area contributed by atoms with Crippen LogP contribution in [0.3, 0.4) is 0 Å². The first-order valence-corrected chi connectivity index (χ1v) is 5.35. The summed E-state index contributed by atoms with van der Waals surface area (Å²) in [4.78, 5) is 24.0. The van der Waals surface area contributed by atoms with Gasteiger partial charge >= 0.3 is 6.09 Å². The molecule has 1 saturated heterocycles. The normalized spacial score (nSPS) is 25.6. The summed E-state index contributed by atoms with van der Waals surface area (Å²) in [5, 5.41) is 0. The maximum absolute atomic E-state index is 11.8. The van der Waals surface area contributed by atoms with Crippen LogP contribution in [-0.4, -0.2) is 48.7 Å². The van der Waals surface area contributed by atoms with Crippen molar-refractivity contribution in [3.63, 3.8) is 0 Å². The number of carbonyl (C=O) groups excluding carboxylic acids is 2. The summed E-state index contributed by atoms with van der Waals surface area (Å²) in [6, 6.07) is -0.431. The number of hydrogen-bond donors (Lipinski definition) is 0. The van der Waals surface area contributed by atoms with Crippen molar-refractivity contribution < 1.29 is 19.1 Å². The molecule has 0 spiro atoms. The van der Waals surface area contributed by atoms with Crippen LogP contribution in [-0.2, 0) is 14.3 Å². The highest BCUT2D eigenvalue weighted by molar-refractivity contribution is 5.74. The van der Waals surface area contributed by atoms with Gasteiger partial charge in [0, 0.05) is 13.5 Å². The van der Waals surface area contributed by atoms with Crippen LogP contribution in [0, 0.1) is 0 Å². The third kappa shape index (κ3) is 3.20. The van der Waals surface area contributed by atoms with Crippen molar-refractivity contribution >= 4 is 12.4 Å². The number of carbonyl (C=O) groups is 2. The van der Waals surface area contributed by atoms with E-state index in [0.717, 1.165) is 6.29 Å². The first-order valence-electron chi connectivity index (χ1n) is 5.35. The fourth-order valence-corrected chi connectivity index (χ4v) is 1.66. The van der Waals surface area contributed by atoms with Gasteiger partial charge in [-0.1, -0.05) is 0 Å². The van der Waals surface area contributed by atoms with Crippen molar-refractivity contribution in [1.29, 1.82) is 0 Å². The summed E-state index contributed by atoms with van der Waals surface area (Å²) in [6.45, 7) is 5.80. The van der Waals surface area contributed by atoms with Gasteiger partial charge in [0.2, 0.25) is 0 Å². The molecule has 0 aliphatic carbocycles. The van der Waals surface area contributed by atoms with Crippen molar-refractivity contribution in [3.05, 3.63) is 0 Å². The van der Waals surface area contributed by atoms with Crippen LogP contribution >= 0.6 is 0 Å². The van der Waals surface area contributed by atoms with Crippen molar-refractivity contribution in [3.8, 4) is 0 Å². The molecule has 0 aromatic heterocycles. The highest BCUT2D eigenvalue weighted by Gasteiger charge is 2.37. The topological polar surface area (TPSA) is 55.8 Å². The Bertz CT molecular complexity index is 272. The Balaban J connectivity index is 2.64. The predicted molar refractivity (Wildman–Crippen MR) is 58.2 cm³/mol. The lowest BCUT2D eigenvalue weighted by Crippen LogP contribution is -2.40. The number of aldehydes is 1. The Kier molecular flexibility index (Phi) is 3.91. The van der Waals surface area contributed by atoms with Gasteiger partial charge in [-0.3, -0.25) is 4.90 Å². The summed E-state index contributed by atoms with van der Waals surface area (Å²) in [7, 11) is 1.57. The lowest BCUT2D eigenvalue weighted by Gasteiger charge is -2.26. The molecule has 1 heterocycles. The van der Waals surface area contributed by atoms with Gasteiger partial charge in [0.15, 0.2) is 0 Å². The Morgan fingerprint density at radius 1 is 1.44 bits per heavy atom. The average molecular weight is 229 g/mol. The molecule has 2 atom stereocenters. The molecule has 1 aliphatic heterocycles. The second-order valence-electron chi connectivity index (χ2n) is 4.93. The lowest BCUT2D eigenvalue weighted by atomic mass is 10.2. The number of hydrogen-bond acceptors (Lipinski definition) is 4. The minimum atomic E-state index is -0.546. The molecule has 1 fully saturated rings. The molecular formula is C11H19NO4. The molecule has 5 heteroatoms. The van der Waals surface area contributed by atoms with E-state index < -0.39 is 17.7 Å². The van der Waals surface area contributed by atoms with Gasteiger partial charge in [-0.05, 0) is 20.8 Å². The minimum Gasteiger partial charge on any atom is -0.444 e. The van der Waals surface area contributed by atoms with Crippen LogP contribution < -0.4 is 0 Å². The van der Waals surface area contributed by atoms with E-state index in [1.54, 1.807) is 27.9 Å². The van der Waals surface area contributed by atoms with E-state index in [9.17, 15) is 9.59 Å². The van der Waals surface area contributed by atoms with E-state index in [1.807, 2.05) is 0 Å². The molecule has 92 valence electrons. The van der Waals surface area contributed by atoms with Crippen LogP contribution in [0.5, 0.6) is 0 Å². The third-order valence-electron chi connectivity index (χ3n) is 2.42. The summed E-state index contributed by atoms with van der Waals surface area (Å²) in [6.07, 6.45) is 0.772. The number of rotatable bonds is 2. The Hall–Kier alpha value is -1.10. The SMILES string of the molecule is COC1C[C@@H](C=O)N(C(=O)OC(C)(C)C)C1. The second-order valence-corrected chi connectivity index (χ2v) is 4.93. The molecule has 0 saturated carbocycles. The number of amides is 1. The van der Waals surface area contributed by atoms with E-state index in [0.29, 0.717) is 13.0 Å². The van der Waals surface area contributed by atoms with Crippen LogP contribution in [0.25, 0.3) is 0 Å². The van der Waals surface area contributed by atoms with Crippen LogP contribution in [0.4, 0.5) is 4.79 Å². The molecule has 1 unspecified atom stereocenters. The molecule has 0 aromatic rings. The maximum Gasteiger partial charge on any atom is 0.410 e. The van der Waals surface area contributed by atoms with Gasteiger partial charge < -0.3 is 14.3 Å². The van der Waals surface area contributed by atoms with Gasteiger partial charge in [0.05, 0.1) is 18.7 Å². The molecule has 16 heavy (non-hydrogen) atoms. The fourth-order valence-electron chi connectivity index (χ4n) is 1.66. The smallest absolute Gasteiger partial charge is 0.410 e. The number of likely N-dealkylation sites (tertiary alicyclic amines) is 1. The molecule has 1 rings (SSSR count). The Morgan fingerprint density at radius 3 is 2.50 bits per heavy atom. The first-order chi connectivity index (χ1) is 7.37. The predicted octanol–water partition coefficient (Wildman–Crippen LogP) is 1.21. The lowest BCUT2D eigenvalue weighted by molar-refractivity contribution is -0.111. The van der Waals surface area contributed by atoms with E-state index >= 15 is 0 Å². The number of nitrogens with zero attached hydrogens (tertiary/aromatic N) is 1. The molecule has 0 radical (unpaired) electrons. The number of methoxy groups -OCH3 is 1. The van der Waals surface area contributed by atoms with E-state index in [1.165, 1.54) is 4.90 Å². The fraction of sp³-hybridized carbons (Fsp3) is 0.818. The van der Waals surface area contributed by atoms with E-state index in [2.05, 4.69) is 0 Å². The highest BCUT2D eigenvalue weighted by atomic mass is 16.6. The van der Waals surface area contributed by atoms with E-state index in [4.69, 9.17) is 9.47 Å².